The molecule has 0 radical (unpaired) electrons. The van der Waals surface area contributed by atoms with Gasteiger partial charge in [-0.3, -0.25) is 0 Å². The highest BCUT2D eigenvalue weighted by Crippen LogP contribution is 2.23. The Morgan fingerprint density at radius 3 is 2.45 bits per heavy atom. The van der Waals surface area contributed by atoms with Gasteiger partial charge in [-0.2, -0.15) is 0 Å². The summed E-state index contributed by atoms with van der Waals surface area (Å²) in [6.45, 7) is 6.66. The summed E-state index contributed by atoms with van der Waals surface area (Å²) in [6, 6.07) is 3.69. The first-order valence-electron chi connectivity index (χ1n) is 6.63. The van der Waals surface area contributed by atoms with Crippen LogP contribution in [0.25, 0.3) is 11.4 Å². The minimum atomic E-state index is -0.894. The van der Waals surface area contributed by atoms with Crippen LogP contribution in [-0.2, 0) is 6.42 Å². The first kappa shape index (κ1) is 14.4. The van der Waals surface area contributed by atoms with Crippen molar-refractivity contribution in [2.24, 2.45) is 0 Å². The van der Waals surface area contributed by atoms with Crippen LogP contribution in [0.1, 0.15) is 25.1 Å². The third-order valence-corrected chi connectivity index (χ3v) is 3.10. The van der Waals surface area contributed by atoms with Gasteiger partial charge in [0, 0.05) is 23.4 Å². The Morgan fingerprint density at radius 2 is 1.85 bits per heavy atom. The molecule has 0 bridgehead atoms. The molecule has 0 aliphatic carbocycles. The van der Waals surface area contributed by atoms with Gasteiger partial charge in [-0.15, -0.1) is 0 Å². The van der Waals surface area contributed by atoms with E-state index in [4.69, 9.17) is 0 Å². The van der Waals surface area contributed by atoms with E-state index in [-0.39, 0.29) is 0 Å². The Kier molecular flexibility index (Phi) is 4.27. The fourth-order valence-electron chi connectivity index (χ4n) is 2.01. The molecular formula is C15H17F2N3. The highest BCUT2D eigenvalue weighted by molar-refractivity contribution is 5.59. The Morgan fingerprint density at radius 1 is 1.10 bits per heavy atom. The second-order valence-corrected chi connectivity index (χ2v) is 4.48. The molecule has 1 heterocycles. The number of aromatic nitrogens is 2. The normalized spacial score (nSPS) is 10.7. The zero-order chi connectivity index (χ0) is 14.7. The van der Waals surface area contributed by atoms with Crippen LogP contribution in [0.4, 0.5) is 14.6 Å². The van der Waals surface area contributed by atoms with Crippen molar-refractivity contribution in [2.45, 2.75) is 27.2 Å². The van der Waals surface area contributed by atoms with E-state index >= 15 is 0 Å². The lowest BCUT2D eigenvalue weighted by molar-refractivity contribution is 0.509. The minimum absolute atomic E-state index is 0.405. The number of aryl methyl sites for hydroxylation is 1. The van der Waals surface area contributed by atoms with E-state index in [0.717, 1.165) is 42.2 Å². The molecule has 0 saturated carbocycles. The summed E-state index contributed by atoms with van der Waals surface area (Å²) < 4.78 is 26.3. The van der Waals surface area contributed by atoms with Gasteiger partial charge in [0.25, 0.3) is 0 Å². The van der Waals surface area contributed by atoms with Gasteiger partial charge >= 0.3 is 0 Å². The van der Waals surface area contributed by atoms with Crippen molar-refractivity contribution in [3.63, 3.8) is 0 Å². The zero-order valence-electron chi connectivity index (χ0n) is 11.8. The number of hydrogen-bond acceptors (Lipinski definition) is 3. The van der Waals surface area contributed by atoms with E-state index in [1.165, 1.54) is 6.07 Å². The fraction of sp³-hybridized carbons (Fsp3) is 0.333. The van der Waals surface area contributed by atoms with Gasteiger partial charge in [0.2, 0.25) is 0 Å². The van der Waals surface area contributed by atoms with Crippen molar-refractivity contribution in [1.82, 2.24) is 9.97 Å². The highest BCUT2D eigenvalue weighted by atomic mass is 19.2. The number of anilines is 1. The van der Waals surface area contributed by atoms with Gasteiger partial charge in [0.05, 0.1) is 0 Å². The van der Waals surface area contributed by atoms with Crippen molar-refractivity contribution in [3.05, 3.63) is 41.1 Å². The third kappa shape index (κ3) is 2.76. The Balaban J connectivity index is 2.55. The molecular weight excluding hydrogens is 260 g/mol. The summed E-state index contributed by atoms with van der Waals surface area (Å²) in [7, 11) is 0. The average molecular weight is 277 g/mol. The number of halogens is 2. The van der Waals surface area contributed by atoms with Crippen LogP contribution in [0.5, 0.6) is 0 Å². The van der Waals surface area contributed by atoms with Crippen LogP contribution in [0.2, 0.25) is 0 Å². The SMILES string of the molecule is CCNc1nc(-c2ccc(F)c(F)c2)nc(CC)c1C. The van der Waals surface area contributed by atoms with Crippen LogP contribution in [-0.4, -0.2) is 16.5 Å². The lowest BCUT2D eigenvalue weighted by atomic mass is 10.1. The molecule has 1 aromatic heterocycles. The monoisotopic (exact) mass is 277 g/mol. The van der Waals surface area contributed by atoms with Crippen LogP contribution in [0.15, 0.2) is 18.2 Å². The molecule has 0 spiro atoms. The van der Waals surface area contributed by atoms with Gasteiger partial charge < -0.3 is 5.32 Å². The molecule has 2 aromatic rings. The van der Waals surface area contributed by atoms with Gasteiger partial charge in [-0.25, -0.2) is 18.7 Å². The lowest BCUT2D eigenvalue weighted by Gasteiger charge is -2.12. The molecule has 0 atom stereocenters. The predicted octanol–water partition coefficient (Wildman–Crippen LogP) is 3.72. The molecule has 0 saturated heterocycles. The van der Waals surface area contributed by atoms with E-state index < -0.39 is 11.6 Å². The van der Waals surface area contributed by atoms with Crippen molar-refractivity contribution >= 4 is 5.82 Å². The number of nitrogens with zero attached hydrogens (tertiary/aromatic N) is 2. The quantitative estimate of drug-likeness (QED) is 0.925. The lowest BCUT2D eigenvalue weighted by Crippen LogP contribution is -2.07. The first-order chi connectivity index (χ1) is 9.56. The van der Waals surface area contributed by atoms with Gasteiger partial charge in [-0.05, 0) is 38.5 Å². The topological polar surface area (TPSA) is 37.8 Å². The van der Waals surface area contributed by atoms with Gasteiger partial charge in [-0.1, -0.05) is 6.92 Å². The average Bonchev–Trinajstić information content (AvgIpc) is 2.44. The summed E-state index contributed by atoms with van der Waals surface area (Å²) in [5.74, 6) is -0.625. The van der Waals surface area contributed by atoms with Crippen LogP contribution in [0, 0.1) is 18.6 Å². The molecule has 1 aromatic carbocycles. The minimum Gasteiger partial charge on any atom is -0.370 e. The summed E-state index contributed by atoms with van der Waals surface area (Å²) in [5.41, 5.74) is 2.36. The second-order valence-electron chi connectivity index (χ2n) is 4.48. The predicted molar refractivity (Wildman–Crippen MR) is 75.7 cm³/mol. The first-order valence-corrected chi connectivity index (χ1v) is 6.63. The number of benzene rings is 1. The molecule has 3 nitrogen and oxygen atoms in total. The number of rotatable bonds is 4. The standard InChI is InChI=1S/C15H17F2N3/c1-4-13-9(3)14(18-5-2)20-15(19-13)10-6-7-11(16)12(17)8-10/h6-8H,4-5H2,1-3H3,(H,18,19,20). The van der Waals surface area contributed by atoms with E-state index in [9.17, 15) is 8.78 Å². The fourth-order valence-corrected chi connectivity index (χ4v) is 2.01. The van der Waals surface area contributed by atoms with E-state index in [2.05, 4.69) is 15.3 Å². The van der Waals surface area contributed by atoms with Crippen molar-refractivity contribution in [3.8, 4) is 11.4 Å². The maximum atomic E-state index is 13.3. The molecule has 0 amide bonds. The van der Waals surface area contributed by atoms with Crippen molar-refractivity contribution in [2.75, 3.05) is 11.9 Å². The molecule has 106 valence electrons. The van der Waals surface area contributed by atoms with E-state index in [1.54, 1.807) is 0 Å². The van der Waals surface area contributed by atoms with Crippen LogP contribution >= 0.6 is 0 Å². The number of nitrogens with one attached hydrogen (secondary N) is 1. The molecule has 0 aliphatic heterocycles. The van der Waals surface area contributed by atoms with Gasteiger partial charge in [0.1, 0.15) is 5.82 Å². The molecule has 0 unspecified atom stereocenters. The third-order valence-electron chi connectivity index (χ3n) is 3.10. The van der Waals surface area contributed by atoms with E-state index in [0.29, 0.717) is 11.4 Å². The molecule has 20 heavy (non-hydrogen) atoms. The summed E-state index contributed by atoms with van der Waals surface area (Å²) >= 11 is 0. The Hall–Kier alpha value is -2.04. The maximum Gasteiger partial charge on any atom is 0.161 e. The summed E-state index contributed by atoms with van der Waals surface area (Å²) in [4.78, 5) is 8.83. The molecule has 1 N–H and O–H groups in total. The molecule has 0 aliphatic rings. The molecule has 0 fully saturated rings. The Labute approximate surface area is 117 Å². The Bertz CT molecular complexity index is 627. The largest absolute Gasteiger partial charge is 0.370 e. The second kappa shape index (κ2) is 5.94. The summed E-state index contributed by atoms with van der Waals surface area (Å²) in [5, 5.41) is 3.17. The maximum absolute atomic E-state index is 13.3. The molecule has 2 rings (SSSR count). The van der Waals surface area contributed by atoms with Crippen LogP contribution < -0.4 is 5.32 Å². The van der Waals surface area contributed by atoms with Crippen molar-refractivity contribution < 1.29 is 8.78 Å². The zero-order valence-corrected chi connectivity index (χ0v) is 11.8. The smallest absolute Gasteiger partial charge is 0.161 e. The van der Waals surface area contributed by atoms with E-state index in [1.807, 2.05) is 20.8 Å². The van der Waals surface area contributed by atoms with Gasteiger partial charge in [0.15, 0.2) is 17.5 Å². The molecule has 5 heteroatoms. The van der Waals surface area contributed by atoms with Crippen molar-refractivity contribution in [1.29, 1.82) is 0 Å². The summed E-state index contributed by atoms with van der Waals surface area (Å²) in [6.07, 6.45) is 0.753. The highest BCUT2D eigenvalue weighted by Gasteiger charge is 2.12. The number of hydrogen-bond donors (Lipinski definition) is 1. The van der Waals surface area contributed by atoms with Crippen LogP contribution in [0.3, 0.4) is 0 Å².